The summed E-state index contributed by atoms with van der Waals surface area (Å²) in [4.78, 5) is 44.4. The van der Waals surface area contributed by atoms with Crippen molar-refractivity contribution in [1.82, 2.24) is 19.4 Å². The summed E-state index contributed by atoms with van der Waals surface area (Å²) in [6.07, 6.45) is 6.30. The van der Waals surface area contributed by atoms with E-state index in [0.717, 1.165) is 32.4 Å². The summed E-state index contributed by atoms with van der Waals surface area (Å²) in [5.74, 6) is 1.06. The van der Waals surface area contributed by atoms with Crippen molar-refractivity contribution in [3.63, 3.8) is 0 Å². The van der Waals surface area contributed by atoms with E-state index in [4.69, 9.17) is 4.98 Å². The molecular formula is C23H27N7O2. The van der Waals surface area contributed by atoms with Gasteiger partial charge in [0.15, 0.2) is 5.65 Å². The molecule has 1 N–H and O–H groups in total. The Kier molecular flexibility index (Phi) is 5.03. The highest BCUT2D eigenvalue weighted by atomic mass is 16.2. The van der Waals surface area contributed by atoms with Crippen LogP contribution in [0.2, 0.25) is 0 Å². The Morgan fingerprint density at radius 1 is 1.22 bits per heavy atom. The van der Waals surface area contributed by atoms with Gasteiger partial charge in [-0.05, 0) is 45.2 Å². The lowest BCUT2D eigenvalue weighted by Crippen LogP contribution is -2.40. The van der Waals surface area contributed by atoms with Crippen LogP contribution in [0.4, 0.5) is 17.5 Å². The van der Waals surface area contributed by atoms with E-state index < -0.39 is 0 Å². The summed E-state index contributed by atoms with van der Waals surface area (Å²) < 4.78 is 1.53. The van der Waals surface area contributed by atoms with Crippen LogP contribution < -0.4 is 20.7 Å². The first-order chi connectivity index (χ1) is 15.5. The van der Waals surface area contributed by atoms with E-state index in [1.165, 1.54) is 4.40 Å². The van der Waals surface area contributed by atoms with Gasteiger partial charge in [0.25, 0.3) is 11.5 Å². The average molecular weight is 434 g/mol. The number of nitrogens with zero attached hydrogens (tertiary/aromatic N) is 6. The van der Waals surface area contributed by atoms with Gasteiger partial charge in [-0.25, -0.2) is 9.97 Å². The van der Waals surface area contributed by atoms with Crippen molar-refractivity contribution in [3.8, 4) is 0 Å². The standard InChI is InChI=1S/C23H27N7O2/c1-4-9-24-23-25-12-17-19(27-23)28-10-5-7-16(28)13-30(22(17)32)18-8-6-11-29-20(18)26-15(3)14(2)21(29)31/h6,8,11-12,16H,4-5,7,9-10,13H2,1-3H3,(H,24,25,27)/t16-/m0/s1. The molecule has 0 spiro atoms. The van der Waals surface area contributed by atoms with Crippen LogP contribution in [-0.4, -0.2) is 50.9 Å². The third-order valence-electron chi connectivity index (χ3n) is 6.41. The van der Waals surface area contributed by atoms with E-state index in [1.54, 1.807) is 30.3 Å². The van der Waals surface area contributed by atoms with Gasteiger partial charge in [0.1, 0.15) is 11.4 Å². The van der Waals surface area contributed by atoms with Crippen molar-refractivity contribution < 1.29 is 4.79 Å². The predicted molar refractivity (Wildman–Crippen MR) is 124 cm³/mol. The lowest BCUT2D eigenvalue weighted by atomic mass is 10.2. The molecule has 1 amide bonds. The van der Waals surface area contributed by atoms with Crippen LogP contribution in [0.5, 0.6) is 0 Å². The fourth-order valence-corrected chi connectivity index (χ4v) is 4.57. The molecular weight excluding hydrogens is 406 g/mol. The number of carbonyl (C=O) groups excluding carboxylic acids is 1. The van der Waals surface area contributed by atoms with Crippen LogP contribution in [0.1, 0.15) is 47.8 Å². The van der Waals surface area contributed by atoms with E-state index in [0.29, 0.717) is 46.5 Å². The smallest absolute Gasteiger partial charge is 0.263 e. The van der Waals surface area contributed by atoms with Crippen molar-refractivity contribution in [2.24, 2.45) is 0 Å². The van der Waals surface area contributed by atoms with Crippen molar-refractivity contribution in [2.75, 3.05) is 34.8 Å². The molecule has 3 aromatic rings. The highest BCUT2D eigenvalue weighted by Crippen LogP contribution is 2.34. The van der Waals surface area contributed by atoms with Crippen LogP contribution in [0.3, 0.4) is 0 Å². The normalized spacial score (nSPS) is 18.0. The van der Waals surface area contributed by atoms with Gasteiger partial charge in [-0.15, -0.1) is 0 Å². The van der Waals surface area contributed by atoms with Crippen molar-refractivity contribution >= 4 is 29.0 Å². The molecule has 1 saturated heterocycles. The maximum atomic E-state index is 13.8. The minimum atomic E-state index is -0.169. The van der Waals surface area contributed by atoms with E-state index in [-0.39, 0.29) is 17.5 Å². The average Bonchev–Trinajstić information content (AvgIpc) is 3.23. The number of nitrogens with one attached hydrogen (secondary N) is 1. The second-order valence-corrected chi connectivity index (χ2v) is 8.48. The molecule has 1 fully saturated rings. The molecule has 0 bridgehead atoms. The molecule has 1 atom stereocenters. The molecule has 3 aromatic heterocycles. The Bertz CT molecular complexity index is 1270. The maximum absolute atomic E-state index is 13.8. The molecule has 0 aliphatic carbocycles. The Hall–Kier alpha value is -3.49. The first-order valence-corrected chi connectivity index (χ1v) is 11.2. The van der Waals surface area contributed by atoms with Gasteiger partial charge in [0, 0.05) is 49.3 Å². The fraction of sp³-hybridized carbons (Fsp3) is 0.435. The van der Waals surface area contributed by atoms with E-state index in [1.807, 2.05) is 13.0 Å². The van der Waals surface area contributed by atoms with E-state index in [9.17, 15) is 9.59 Å². The summed E-state index contributed by atoms with van der Waals surface area (Å²) in [5.41, 5.74) is 2.76. The van der Waals surface area contributed by atoms with Gasteiger partial charge in [0.2, 0.25) is 5.95 Å². The predicted octanol–water partition coefficient (Wildman–Crippen LogP) is 2.55. The molecule has 9 nitrogen and oxygen atoms in total. The number of rotatable bonds is 4. The number of hydrogen-bond donors (Lipinski definition) is 1. The second kappa shape index (κ2) is 7.89. The monoisotopic (exact) mass is 433 g/mol. The quantitative estimate of drug-likeness (QED) is 0.675. The molecule has 5 heterocycles. The number of hydrogen-bond acceptors (Lipinski definition) is 7. The molecule has 32 heavy (non-hydrogen) atoms. The van der Waals surface area contributed by atoms with Gasteiger partial charge < -0.3 is 15.1 Å². The number of fused-ring (bicyclic) bond motifs is 4. The van der Waals surface area contributed by atoms with Gasteiger partial charge in [-0.3, -0.25) is 14.0 Å². The number of carbonyl (C=O) groups is 1. The zero-order valence-corrected chi connectivity index (χ0v) is 18.6. The SMILES string of the molecule is CCCNc1ncc2c(n1)N1CCC[C@H]1CN(c1cccn3c(=O)c(C)c(C)nc13)C2=O. The minimum Gasteiger partial charge on any atom is -0.354 e. The van der Waals surface area contributed by atoms with Crippen LogP contribution >= 0.6 is 0 Å². The molecule has 0 unspecified atom stereocenters. The van der Waals surface area contributed by atoms with Crippen LogP contribution in [0.25, 0.3) is 5.65 Å². The summed E-state index contributed by atoms with van der Waals surface area (Å²) in [6, 6.07) is 3.80. The van der Waals surface area contributed by atoms with Crippen LogP contribution in [-0.2, 0) is 0 Å². The third kappa shape index (κ3) is 3.19. The Morgan fingerprint density at radius 2 is 2.06 bits per heavy atom. The number of anilines is 3. The van der Waals surface area contributed by atoms with Gasteiger partial charge in [0.05, 0.1) is 5.69 Å². The van der Waals surface area contributed by atoms with Gasteiger partial charge in [-0.1, -0.05) is 6.92 Å². The molecule has 0 aromatic carbocycles. The van der Waals surface area contributed by atoms with E-state index in [2.05, 4.69) is 27.1 Å². The van der Waals surface area contributed by atoms with Crippen LogP contribution in [0.15, 0.2) is 29.3 Å². The molecule has 2 aliphatic heterocycles. The first-order valence-electron chi connectivity index (χ1n) is 11.2. The van der Waals surface area contributed by atoms with Crippen molar-refractivity contribution in [2.45, 2.75) is 46.1 Å². The molecule has 9 heteroatoms. The topological polar surface area (TPSA) is 95.7 Å². The molecule has 0 saturated carbocycles. The zero-order valence-electron chi connectivity index (χ0n) is 18.6. The zero-order chi connectivity index (χ0) is 22.4. The number of aromatic nitrogens is 4. The second-order valence-electron chi connectivity index (χ2n) is 8.48. The molecule has 0 radical (unpaired) electrons. The van der Waals surface area contributed by atoms with Crippen molar-refractivity contribution in [3.05, 3.63) is 51.7 Å². The fourth-order valence-electron chi connectivity index (χ4n) is 4.57. The maximum Gasteiger partial charge on any atom is 0.263 e. The van der Waals surface area contributed by atoms with Crippen LogP contribution in [0, 0.1) is 13.8 Å². The number of amides is 1. The largest absolute Gasteiger partial charge is 0.354 e. The summed E-state index contributed by atoms with van der Waals surface area (Å²) in [5, 5.41) is 3.22. The Balaban J connectivity index is 1.66. The Labute approximate surface area is 186 Å². The molecule has 5 rings (SSSR count). The van der Waals surface area contributed by atoms with Gasteiger partial charge >= 0.3 is 0 Å². The molecule has 2 aliphatic rings. The highest BCUT2D eigenvalue weighted by molar-refractivity contribution is 6.11. The minimum absolute atomic E-state index is 0.116. The summed E-state index contributed by atoms with van der Waals surface area (Å²) in [7, 11) is 0. The van der Waals surface area contributed by atoms with E-state index >= 15 is 0 Å². The number of pyridine rings is 1. The lowest BCUT2D eigenvalue weighted by Gasteiger charge is -2.27. The van der Waals surface area contributed by atoms with Crippen molar-refractivity contribution in [1.29, 1.82) is 0 Å². The third-order valence-corrected chi connectivity index (χ3v) is 6.41. The number of aryl methyl sites for hydroxylation is 1. The molecule has 166 valence electrons. The Morgan fingerprint density at radius 3 is 2.88 bits per heavy atom. The van der Waals surface area contributed by atoms with Gasteiger partial charge in [-0.2, -0.15) is 4.98 Å². The lowest BCUT2D eigenvalue weighted by molar-refractivity contribution is 0.0988. The summed E-state index contributed by atoms with van der Waals surface area (Å²) in [6.45, 7) is 7.82. The summed E-state index contributed by atoms with van der Waals surface area (Å²) >= 11 is 0. The highest BCUT2D eigenvalue weighted by Gasteiger charge is 2.38. The first kappa shape index (κ1) is 20.4.